The molecule has 1 heterocycles. The number of nitriles is 1. The molecule has 0 saturated heterocycles. The van der Waals surface area contributed by atoms with Crippen LogP contribution in [0.5, 0.6) is 0 Å². The van der Waals surface area contributed by atoms with Gasteiger partial charge in [0.25, 0.3) is 0 Å². The van der Waals surface area contributed by atoms with Gasteiger partial charge in [-0.3, -0.25) is 14.2 Å². The molecule has 0 aliphatic carbocycles. The van der Waals surface area contributed by atoms with Crippen LogP contribution in [0.15, 0.2) is 29.1 Å². The van der Waals surface area contributed by atoms with E-state index in [1.165, 1.54) is 4.57 Å². The van der Waals surface area contributed by atoms with E-state index in [0.29, 0.717) is 11.1 Å². The van der Waals surface area contributed by atoms with Gasteiger partial charge in [0.1, 0.15) is 0 Å². The lowest BCUT2D eigenvalue weighted by molar-refractivity contribution is 0.0970. The first-order chi connectivity index (χ1) is 9.02. The Kier molecular flexibility index (Phi) is 3.63. The van der Waals surface area contributed by atoms with Crippen molar-refractivity contribution >= 4 is 17.1 Å². The number of benzene rings is 1. The van der Waals surface area contributed by atoms with Crippen molar-refractivity contribution in [3.63, 3.8) is 0 Å². The van der Waals surface area contributed by atoms with Crippen LogP contribution in [-0.2, 0) is 6.54 Å². The Bertz CT molecular complexity index is 717. The van der Waals surface area contributed by atoms with E-state index in [0.717, 1.165) is 21.9 Å². The summed E-state index contributed by atoms with van der Waals surface area (Å²) in [6.45, 7) is 3.74. The molecule has 19 heavy (non-hydrogen) atoms. The topological polar surface area (TPSA) is 62.9 Å². The van der Waals surface area contributed by atoms with Crippen LogP contribution in [0.1, 0.15) is 26.5 Å². The molecule has 0 aliphatic rings. The second-order valence-corrected chi connectivity index (χ2v) is 5.37. The van der Waals surface area contributed by atoms with E-state index in [1.54, 1.807) is 24.3 Å². The highest BCUT2D eigenvalue weighted by Gasteiger charge is 2.12. The fraction of sp³-hybridized carbons (Fsp3) is 0.214. The zero-order valence-electron chi connectivity index (χ0n) is 10.6. The number of thiazole rings is 1. The molecule has 0 atom stereocenters. The van der Waals surface area contributed by atoms with E-state index in [9.17, 15) is 9.59 Å². The summed E-state index contributed by atoms with van der Waals surface area (Å²) in [6.07, 6.45) is 0. The van der Waals surface area contributed by atoms with Crippen molar-refractivity contribution in [2.75, 3.05) is 0 Å². The highest BCUT2D eigenvalue weighted by Crippen LogP contribution is 2.11. The third-order valence-electron chi connectivity index (χ3n) is 3.01. The predicted octanol–water partition coefficient (Wildman–Crippen LogP) is 2.28. The number of carbonyl (C=O) groups is 1. The largest absolute Gasteiger partial charge is 0.307 e. The highest BCUT2D eigenvalue weighted by molar-refractivity contribution is 7.09. The molecule has 0 spiro atoms. The second-order valence-electron chi connectivity index (χ2n) is 4.21. The molecule has 0 aliphatic heterocycles. The molecule has 0 amide bonds. The van der Waals surface area contributed by atoms with Gasteiger partial charge in [-0.1, -0.05) is 23.5 Å². The smallest absolute Gasteiger partial charge is 0.295 e. The molecular weight excluding hydrogens is 260 g/mol. The summed E-state index contributed by atoms with van der Waals surface area (Å²) in [5.74, 6) is -0.132. The summed E-state index contributed by atoms with van der Waals surface area (Å²) in [5, 5.41) is 8.70. The number of nitrogens with zero attached hydrogens (tertiary/aromatic N) is 2. The van der Waals surface area contributed by atoms with Crippen LogP contribution in [0.2, 0.25) is 0 Å². The van der Waals surface area contributed by atoms with E-state index in [4.69, 9.17) is 5.26 Å². The molecular formula is C14H12N2O2S. The van der Waals surface area contributed by atoms with Crippen molar-refractivity contribution in [1.82, 2.24) is 4.57 Å². The Morgan fingerprint density at radius 2 is 1.95 bits per heavy atom. The van der Waals surface area contributed by atoms with Crippen LogP contribution in [0, 0.1) is 25.2 Å². The second kappa shape index (κ2) is 5.21. The van der Waals surface area contributed by atoms with Crippen molar-refractivity contribution in [2.45, 2.75) is 20.4 Å². The van der Waals surface area contributed by atoms with Gasteiger partial charge in [0.15, 0.2) is 5.78 Å². The molecule has 5 heteroatoms. The van der Waals surface area contributed by atoms with Gasteiger partial charge >= 0.3 is 4.87 Å². The first-order valence-corrected chi connectivity index (χ1v) is 6.54. The first-order valence-electron chi connectivity index (χ1n) is 5.73. The van der Waals surface area contributed by atoms with Crippen molar-refractivity contribution in [3.8, 4) is 6.07 Å². The molecule has 2 aromatic rings. The number of hydrogen-bond donors (Lipinski definition) is 0. The number of carbonyl (C=O) groups excluding carboxylic acids is 1. The Hall–Kier alpha value is -2.19. The lowest BCUT2D eigenvalue weighted by atomic mass is 10.1. The zero-order chi connectivity index (χ0) is 14.0. The number of ketones is 1. The van der Waals surface area contributed by atoms with E-state index < -0.39 is 0 Å². The number of hydrogen-bond acceptors (Lipinski definition) is 4. The molecule has 1 aromatic heterocycles. The highest BCUT2D eigenvalue weighted by atomic mass is 32.1. The third-order valence-corrected chi connectivity index (χ3v) is 4.01. The molecule has 0 N–H and O–H groups in total. The van der Waals surface area contributed by atoms with E-state index in [1.807, 2.05) is 19.9 Å². The standard InChI is InChI=1S/C14H12N2O2S/c1-9-10(2)19-14(18)16(9)8-13(17)12-5-3-11(7-15)4-6-12/h3-6H,8H2,1-2H3. The summed E-state index contributed by atoms with van der Waals surface area (Å²) in [6, 6.07) is 8.42. The summed E-state index contributed by atoms with van der Waals surface area (Å²) < 4.78 is 1.49. The fourth-order valence-electron chi connectivity index (χ4n) is 1.74. The van der Waals surface area contributed by atoms with E-state index >= 15 is 0 Å². The average Bonchev–Trinajstić information content (AvgIpc) is 2.65. The monoisotopic (exact) mass is 272 g/mol. The summed E-state index contributed by atoms with van der Waals surface area (Å²) in [5.41, 5.74) is 1.85. The van der Waals surface area contributed by atoms with Crippen LogP contribution in [0.4, 0.5) is 0 Å². The van der Waals surface area contributed by atoms with Gasteiger partial charge < -0.3 is 0 Å². The summed E-state index contributed by atoms with van der Waals surface area (Å²) >= 11 is 1.15. The van der Waals surface area contributed by atoms with Crippen LogP contribution in [0.25, 0.3) is 0 Å². The van der Waals surface area contributed by atoms with Gasteiger partial charge in [-0.05, 0) is 26.0 Å². The summed E-state index contributed by atoms with van der Waals surface area (Å²) in [7, 11) is 0. The molecule has 2 rings (SSSR count). The minimum absolute atomic E-state index is 0.0426. The number of aromatic nitrogens is 1. The van der Waals surface area contributed by atoms with Gasteiger partial charge in [0.05, 0.1) is 18.2 Å². The molecule has 0 saturated carbocycles. The Labute approximate surface area is 114 Å². The molecule has 0 unspecified atom stereocenters. The molecule has 96 valence electrons. The lowest BCUT2D eigenvalue weighted by Crippen LogP contribution is -2.20. The number of aryl methyl sites for hydroxylation is 1. The lowest BCUT2D eigenvalue weighted by Gasteiger charge is -2.04. The molecule has 0 radical (unpaired) electrons. The molecule has 0 fully saturated rings. The maximum absolute atomic E-state index is 12.1. The van der Waals surface area contributed by atoms with Crippen LogP contribution in [0.3, 0.4) is 0 Å². The Morgan fingerprint density at radius 1 is 1.32 bits per heavy atom. The van der Waals surface area contributed by atoms with Gasteiger partial charge in [0, 0.05) is 16.1 Å². The number of Topliss-reactive ketones (excluding diaryl/α,β-unsaturated/α-hetero) is 1. The normalized spacial score (nSPS) is 10.2. The van der Waals surface area contributed by atoms with Crippen LogP contribution in [-0.4, -0.2) is 10.4 Å². The molecule has 0 bridgehead atoms. The zero-order valence-corrected chi connectivity index (χ0v) is 11.5. The fourth-order valence-corrected chi connectivity index (χ4v) is 2.57. The predicted molar refractivity (Wildman–Crippen MR) is 73.5 cm³/mol. The maximum atomic E-state index is 12.1. The quantitative estimate of drug-likeness (QED) is 0.805. The Morgan fingerprint density at radius 3 is 2.42 bits per heavy atom. The Balaban J connectivity index is 2.26. The van der Waals surface area contributed by atoms with Crippen LogP contribution >= 0.6 is 11.3 Å². The van der Waals surface area contributed by atoms with Crippen LogP contribution < -0.4 is 4.87 Å². The van der Waals surface area contributed by atoms with Crippen molar-refractivity contribution in [1.29, 1.82) is 5.26 Å². The van der Waals surface area contributed by atoms with Crippen molar-refractivity contribution in [3.05, 3.63) is 55.6 Å². The van der Waals surface area contributed by atoms with Gasteiger partial charge in [-0.15, -0.1) is 0 Å². The summed E-state index contributed by atoms with van der Waals surface area (Å²) in [4.78, 5) is 24.6. The SMILES string of the molecule is Cc1sc(=O)n(CC(=O)c2ccc(C#N)cc2)c1C. The third kappa shape index (κ3) is 2.64. The number of rotatable bonds is 3. The minimum atomic E-state index is -0.132. The van der Waals surface area contributed by atoms with Crippen molar-refractivity contribution in [2.24, 2.45) is 0 Å². The molecule has 1 aromatic carbocycles. The van der Waals surface area contributed by atoms with E-state index in [-0.39, 0.29) is 17.2 Å². The minimum Gasteiger partial charge on any atom is -0.295 e. The molecule has 4 nitrogen and oxygen atoms in total. The van der Waals surface area contributed by atoms with Gasteiger partial charge in [0.2, 0.25) is 0 Å². The average molecular weight is 272 g/mol. The van der Waals surface area contributed by atoms with Crippen molar-refractivity contribution < 1.29 is 4.79 Å². The maximum Gasteiger partial charge on any atom is 0.307 e. The first kappa shape index (κ1) is 13.2. The van der Waals surface area contributed by atoms with Gasteiger partial charge in [-0.25, -0.2) is 0 Å². The van der Waals surface area contributed by atoms with E-state index in [2.05, 4.69) is 0 Å². The van der Waals surface area contributed by atoms with Gasteiger partial charge in [-0.2, -0.15) is 5.26 Å².